The predicted molar refractivity (Wildman–Crippen MR) is 121 cm³/mol. The molecule has 0 fully saturated rings. The van der Waals surface area contributed by atoms with Gasteiger partial charge >= 0.3 is 0 Å². The molecule has 7 heteroatoms. The third-order valence-corrected chi connectivity index (χ3v) is 4.56. The number of aliphatic imine (C=N–C) groups is 1. The molecule has 0 aliphatic rings. The Bertz CT molecular complexity index is 623. The van der Waals surface area contributed by atoms with Crippen molar-refractivity contribution in [3.63, 3.8) is 0 Å². The quantitative estimate of drug-likeness (QED) is 0.244. The zero-order valence-electron chi connectivity index (χ0n) is 18.7. The zero-order chi connectivity index (χ0) is 21.6. The number of guanidine groups is 1. The molecule has 1 aromatic rings. The SMILES string of the molecule is CCNC(=NCCCNC(=O)c1cccc(O)c1)NCCCN(C(C)C)C(C)C. The molecule has 0 heterocycles. The second kappa shape index (κ2) is 13.8. The third kappa shape index (κ3) is 10.2. The maximum atomic E-state index is 12.0. The van der Waals surface area contributed by atoms with Crippen molar-refractivity contribution < 1.29 is 9.90 Å². The van der Waals surface area contributed by atoms with Crippen LogP contribution in [0.25, 0.3) is 0 Å². The van der Waals surface area contributed by atoms with Gasteiger partial charge in [0.15, 0.2) is 5.96 Å². The van der Waals surface area contributed by atoms with Crippen LogP contribution < -0.4 is 16.0 Å². The van der Waals surface area contributed by atoms with Crippen molar-refractivity contribution in [2.45, 2.75) is 59.5 Å². The summed E-state index contributed by atoms with van der Waals surface area (Å²) in [5.41, 5.74) is 0.459. The highest BCUT2D eigenvalue weighted by Gasteiger charge is 2.12. The summed E-state index contributed by atoms with van der Waals surface area (Å²) in [4.78, 5) is 19.1. The number of aromatic hydroxyl groups is 1. The van der Waals surface area contributed by atoms with Crippen LogP contribution in [0.4, 0.5) is 0 Å². The fraction of sp³-hybridized carbons (Fsp3) is 0.636. The Hall–Kier alpha value is -2.28. The summed E-state index contributed by atoms with van der Waals surface area (Å²) in [5.74, 6) is 0.718. The minimum Gasteiger partial charge on any atom is -0.508 e. The monoisotopic (exact) mass is 405 g/mol. The molecule has 0 aliphatic carbocycles. The molecule has 0 aliphatic heterocycles. The Morgan fingerprint density at radius 3 is 2.38 bits per heavy atom. The van der Waals surface area contributed by atoms with Crippen LogP contribution in [0.3, 0.4) is 0 Å². The molecule has 0 radical (unpaired) electrons. The fourth-order valence-corrected chi connectivity index (χ4v) is 3.14. The molecule has 0 saturated carbocycles. The molecule has 0 bridgehead atoms. The molecular formula is C22H39N5O2. The Balaban J connectivity index is 2.31. The lowest BCUT2D eigenvalue weighted by Crippen LogP contribution is -2.41. The van der Waals surface area contributed by atoms with E-state index < -0.39 is 0 Å². The first-order valence-electron chi connectivity index (χ1n) is 10.7. The van der Waals surface area contributed by atoms with E-state index in [0.717, 1.165) is 38.4 Å². The van der Waals surface area contributed by atoms with Crippen LogP contribution >= 0.6 is 0 Å². The highest BCUT2D eigenvalue weighted by atomic mass is 16.3. The van der Waals surface area contributed by atoms with Gasteiger partial charge in [0.05, 0.1) is 0 Å². The highest BCUT2D eigenvalue weighted by molar-refractivity contribution is 5.94. The number of rotatable bonds is 12. The van der Waals surface area contributed by atoms with Crippen LogP contribution in [0.15, 0.2) is 29.3 Å². The molecule has 0 unspecified atom stereocenters. The second-order valence-electron chi connectivity index (χ2n) is 7.63. The van der Waals surface area contributed by atoms with E-state index in [4.69, 9.17) is 0 Å². The van der Waals surface area contributed by atoms with Gasteiger partial charge in [-0.15, -0.1) is 0 Å². The van der Waals surface area contributed by atoms with Crippen LogP contribution in [0.5, 0.6) is 5.75 Å². The van der Waals surface area contributed by atoms with Gasteiger partial charge in [0.1, 0.15) is 5.75 Å². The number of nitrogens with one attached hydrogen (secondary N) is 3. The summed E-state index contributed by atoms with van der Waals surface area (Å²) in [6.45, 7) is 14.9. The molecule has 29 heavy (non-hydrogen) atoms. The van der Waals surface area contributed by atoms with E-state index in [9.17, 15) is 9.90 Å². The molecule has 1 aromatic carbocycles. The average molecular weight is 406 g/mol. The first-order chi connectivity index (χ1) is 13.8. The Labute approximate surface area is 176 Å². The number of phenolic OH excluding ortho intramolecular Hbond substituents is 1. The Morgan fingerprint density at radius 1 is 1.07 bits per heavy atom. The number of hydrogen-bond donors (Lipinski definition) is 4. The first-order valence-corrected chi connectivity index (χ1v) is 10.7. The van der Waals surface area contributed by atoms with Gasteiger partial charge in [0.25, 0.3) is 5.91 Å². The van der Waals surface area contributed by atoms with Gasteiger partial charge in [-0.2, -0.15) is 0 Å². The molecule has 4 N–H and O–H groups in total. The van der Waals surface area contributed by atoms with Crippen molar-refractivity contribution in [1.29, 1.82) is 0 Å². The van der Waals surface area contributed by atoms with Crippen molar-refractivity contribution in [1.82, 2.24) is 20.9 Å². The Morgan fingerprint density at radius 2 is 1.76 bits per heavy atom. The second-order valence-corrected chi connectivity index (χ2v) is 7.63. The number of amides is 1. The van der Waals surface area contributed by atoms with Gasteiger partial charge in [-0.05, 0) is 65.7 Å². The van der Waals surface area contributed by atoms with Crippen LogP contribution in [0.1, 0.15) is 57.8 Å². The van der Waals surface area contributed by atoms with Crippen LogP contribution in [0.2, 0.25) is 0 Å². The predicted octanol–water partition coefficient (Wildman–Crippen LogP) is 2.58. The molecule has 7 nitrogen and oxygen atoms in total. The van der Waals surface area contributed by atoms with Crippen molar-refractivity contribution in [3.05, 3.63) is 29.8 Å². The number of nitrogens with zero attached hydrogens (tertiary/aromatic N) is 2. The normalized spacial score (nSPS) is 11.9. The number of hydrogen-bond acceptors (Lipinski definition) is 4. The molecule has 0 spiro atoms. The lowest BCUT2D eigenvalue weighted by molar-refractivity contribution is 0.0953. The topological polar surface area (TPSA) is 89.0 Å². The van der Waals surface area contributed by atoms with Crippen LogP contribution in [-0.4, -0.2) is 66.7 Å². The lowest BCUT2D eigenvalue weighted by atomic mass is 10.2. The summed E-state index contributed by atoms with van der Waals surface area (Å²) >= 11 is 0. The van der Waals surface area contributed by atoms with E-state index >= 15 is 0 Å². The molecule has 164 valence electrons. The highest BCUT2D eigenvalue weighted by Crippen LogP contribution is 2.10. The minimum absolute atomic E-state index is 0.0912. The van der Waals surface area contributed by atoms with E-state index in [0.29, 0.717) is 30.7 Å². The molecule has 1 rings (SSSR count). The number of carbonyl (C=O) groups is 1. The molecule has 0 saturated heterocycles. The number of benzene rings is 1. The van der Waals surface area contributed by atoms with Gasteiger partial charge in [0.2, 0.25) is 0 Å². The van der Waals surface area contributed by atoms with E-state index in [2.05, 4.69) is 53.5 Å². The zero-order valence-corrected chi connectivity index (χ0v) is 18.7. The summed E-state index contributed by atoms with van der Waals surface area (Å²) in [5, 5.41) is 18.9. The van der Waals surface area contributed by atoms with Crippen LogP contribution in [0, 0.1) is 0 Å². The molecule has 1 amide bonds. The van der Waals surface area contributed by atoms with Crippen molar-refractivity contribution in [2.24, 2.45) is 4.99 Å². The summed E-state index contributed by atoms with van der Waals surface area (Å²) in [6.07, 6.45) is 1.80. The minimum atomic E-state index is -0.185. The maximum Gasteiger partial charge on any atom is 0.251 e. The van der Waals surface area contributed by atoms with Gasteiger partial charge in [0, 0.05) is 50.4 Å². The van der Waals surface area contributed by atoms with Gasteiger partial charge in [-0.25, -0.2) is 0 Å². The molecule has 0 atom stereocenters. The number of carbonyl (C=O) groups excluding carboxylic acids is 1. The standard InChI is InChI=1S/C22H39N5O2/c1-6-23-22(26-14-9-15-27(17(2)3)18(4)5)25-13-8-12-24-21(29)19-10-7-11-20(28)16-19/h7,10-11,16-18,28H,6,8-9,12-15H2,1-5H3,(H,24,29)(H2,23,25,26). The largest absolute Gasteiger partial charge is 0.508 e. The van der Waals surface area contributed by atoms with E-state index in [-0.39, 0.29) is 11.7 Å². The van der Waals surface area contributed by atoms with Gasteiger partial charge in [-0.1, -0.05) is 6.07 Å². The smallest absolute Gasteiger partial charge is 0.251 e. The Kier molecular flexibility index (Phi) is 11.8. The van der Waals surface area contributed by atoms with Crippen LogP contribution in [-0.2, 0) is 0 Å². The summed E-state index contributed by atoms with van der Waals surface area (Å²) in [6, 6.07) is 7.44. The maximum absolute atomic E-state index is 12.0. The van der Waals surface area contributed by atoms with E-state index in [1.165, 1.54) is 6.07 Å². The van der Waals surface area contributed by atoms with Gasteiger partial charge < -0.3 is 21.1 Å². The van der Waals surface area contributed by atoms with Crippen molar-refractivity contribution >= 4 is 11.9 Å². The van der Waals surface area contributed by atoms with Crippen molar-refractivity contribution in [3.8, 4) is 5.75 Å². The first kappa shape index (κ1) is 24.8. The summed E-state index contributed by atoms with van der Waals surface area (Å²) in [7, 11) is 0. The van der Waals surface area contributed by atoms with Crippen molar-refractivity contribution in [2.75, 3.05) is 32.7 Å². The molecule has 0 aromatic heterocycles. The molecular weight excluding hydrogens is 366 g/mol. The fourth-order valence-electron chi connectivity index (χ4n) is 3.14. The average Bonchev–Trinajstić information content (AvgIpc) is 2.66. The third-order valence-electron chi connectivity index (χ3n) is 4.56. The van der Waals surface area contributed by atoms with Gasteiger partial charge in [-0.3, -0.25) is 14.7 Å². The number of phenols is 1. The lowest BCUT2D eigenvalue weighted by Gasteiger charge is -2.30. The van der Waals surface area contributed by atoms with E-state index in [1.807, 2.05) is 6.92 Å². The van der Waals surface area contributed by atoms with E-state index in [1.54, 1.807) is 18.2 Å². The summed E-state index contributed by atoms with van der Waals surface area (Å²) < 4.78 is 0.